The third-order valence-electron chi connectivity index (χ3n) is 4.91. The number of hydrogen-bond acceptors (Lipinski definition) is 5. The van der Waals surface area contributed by atoms with Crippen molar-refractivity contribution in [2.45, 2.75) is 12.5 Å². The highest BCUT2D eigenvalue weighted by molar-refractivity contribution is 7.12. The minimum atomic E-state index is -0.555. The third kappa shape index (κ3) is 3.19. The van der Waals surface area contributed by atoms with Crippen molar-refractivity contribution in [3.05, 3.63) is 94.2 Å². The van der Waals surface area contributed by atoms with Gasteiger partial charge in [0.25, 0.3) is 5.91 Å². The third-order valence-corrected chi connectivity index (χ3v) is 5.83. The summed E-state index contributed by atoms with van der Waals surface area (Å²) in [5.41, 5.74) is 3.23. The molecule has 2 aromatic heterocycles. The average molecular weight is 402 g/mol. The maximum absolute atomic E-state index is 14.3. The van der Waals surface area contributed by atoms with Gasteiger partial charge in [-0.2, -0.15) is 5.10 Å². The summed E-state index contributed by atoms with van der Waals surface area (Å²) in [6, 6.07) is 15.3. The summed E-state index contributed by atoms with van der Waals surface area (Å²) in [6.07, 6.45) is 3.83. The van der Waals surface area contributed by atoms with Gasteiger partial charge in [0, 0.05) is 18.8 Å². The highest BCUT2D eigenvalue weighted by Gasteiger charge is 2.35. The monoisotopic (exact) mass is 402 g/mol. The molecule has 142 valence electrons. The number of aromatic nitrogens is 2. The topological polar surface area (TPSA) is 58.5 Å². The summed E-state index contributed by atoms with van der Waals surface area (Å²) in [4.78, 5) is 22.8. The van der Waals surface area contributed by atoms with E-state index in [0.717, 1.165) is 27.2 Å². The van der Waals surface area contributed by atoms with Crippen LogP contribution >= 0.6 is 11.3 Å². The molecule has 1 aliphatic rings. The van der Waals surface area contributed by atoms with Gasteiger partial charge in [-0.15, -0.1) is 11.3 Å². The number of carbonyl (C=O) groups excluding carboxylic acids is 1. The van der Waals surface area contributed by atoms with E-state index >= 15 is 0 Å². The SMILES string of the molecule is O=C(c1ccccc1F)N1N=C(c2cccs2)C[C@@H]1c1ccc2nccnc2c1. The Morgan fingerprint density at radius 2 is 1.86 bits per heavy atom. The zero-order chi connectivity index (χ0) is 19.8. The predicted molar refractivity (Wildman–Crippen MR) is 110 cm³/mol. The maximum atomic E-state index is 14.3. The smallest absolute Gasteiger partial charge is 0.267 e. The number of hydrogen-bond donors (Lipinski definition) is 0. The number of nitrogens with zero attached hydrogens (tertiary/aromatic N) is 4. The van der Waals surface area contributed by atoms with E-state index in [2.05, 4.69) is 15.1 Å². The van der Waals surface area contributed by atoms with Crippen molar-refractivity contribution in [1.29, 1.82) is 0 Å². The molecule has 29 heavy (non-hydrogen) atoms. The summed E-state index contributed by atoms with van der Waals surface area (Å²) in [7, 11) is 0. The molecule has 0 saturated carbocycles. The summed E-state index contributed by atoms with van der Waals surface area (Å²) in [6.45, 7) is 0. The van der Waals surface area contributed by atoms with Crippen LogP contribution in [0.2, 0.25) is 0 Å². The Balaban J connectivity index is 1.58. The zero-order valence-electron chi connectivity index (χ0n) is 15.2. The summed E-state index contributed by atoms with van der Waals surface area (Å²) in [5, 5.41) is 7.96. The molecule has 0 N–H and O–H groups in total. The van der Waals surface area contributed by atoms with Gasteiger partial charge in [0.2, 0.25) is 0 Å². The molecule has 4 aromatic rings. The van der Waals surface area contributed by atoms with Gasteiger partial charge >= 0.3 is 0 Å². The van der Waals surface area contributed by atoms with Crippen molar-refractivity contribution in [2.75, 3.05) is 0 Å². The molecule has 0 fully saturated rings. The van der Waals surface area contributed by atoms with E-state index in [1.807, 2.05) is 35.7 Å². The van der Waals surface area contributed by atoms with Crippen molar-refractivity contribution < 1.29 is 9.18 Å². The van der Waals surface area contributed by atoms with Gasteiger partial charge < -0.3 is 0 Å². The lowest BCUT2D eigenvalue weighted by Crippen LogP contribution is -2.27. The van der Waals surface area contributed by atoms with E-state index in [0.29, 0.717) is 6.42 Å². The molecule has 1 amide bonds. The molecule has 0 aliphatic carbocycles. The van der Waals surface area contributed by atoms with Gasteiger partial charge in [-0.05, 0) is 41.3 Å². The van der Waals surface area contributed by atoms with Crippen molar-refractivity contribution >= 4 is 34.0 Å². The fourth-order valence-electron chi connectivity index (χ4n) is 3.49. The van der Waals surface area contributed by atoms with Crippen LogP contribution < -0.4 is 0 Å². The molecule has 2 aromatic carbocycles. The number of amides is 1. The first-order chi connectivity index (χ1) is 14.2. The van der Waals surface area contributed by atoms with Crippen molar-refractivity contribution in [2.24, 2.45) is 5.10 Å². The second kappa shape index (κ2) is 7.18. The molecular weight excluding hydrogens is 387 g/mol. The fourth-order valence-corrected chi connectivity index (χ4v) is 4.22. The highest BCUT2D eigenvalue weighted by atomic mass is 32.1. The van der Waals surface area contributed by atoms with Gasteiger partial charge in [0.05, 0.1) is 33.2 Å². The van der Waals surface area contributed by atoms with Crippen molar-refractivity contribution in [3.63, 3.8) is 0 Å². The normalized spacial score (nSPS) is 16.2. The Morgan fingerprint density at radius 3 is 2.66 bits per heavy atom. The van der Waals surface area contributed by atoms with Crippen LogP contribution in [0.15, 0.2) is 77.5 Å². The van der Waals surface area contributed by atoms with Gasteiger partial charge in [0.1, 0.15) is 5.82 Å². The maximum Gasteiger partial charge on any atom is 0.277 e. The summed E-state index contributed by atoms with van der Waals surface area (Å²) >= 11 is 1.57. The van der Waals surface area contributed by atoms with Crippen LogP contribution in [0.5, 0.6) is 0 Å². The Hall–Kier alpha value is -3.45. The van der Waals surface area contributed by atoms with E-state index in [1.165, 1.54) is 17.1 Å². The molecule has 7 heteroatoms. The molecule has 3 heterocycles. The van der Waals surface area contributed by atoms with Crippen LogP contribution in [0.25, 0.3) is 11.0 Å². The van der Waals surface area contributed by atoms with Crippen molar-refractivity contribution in [3.8, 4) is 0 Å². The quantitative estimate of drug-likeness (QED) is 0.494. The molecule has 0 bridgehead atoms. The molecule has 5 rings (SSSR count). The van der Waals surface area contributed by atoms with Crippen LogP contribution in [0.3, 0.4) is 0 Å². The van der Waals surface area contributed by atoms with Crippen LogP contribution in [0.4, 0.5) is 4.39 Å². The van der Waals surface area contributed by atoms with Crippen LogP contribution in [0, 0.1) is 5.82 Å². The number of halogens is 1. The Kier molecular flexibility index (Phi) is 4.37. The minimum Gasteiger partial charge on any atom is -0.267 e. The van der Waals surface area contributed by atoms with E-state index in [4.69, 9.17) is 0 Å². The molecule has 1 aliphatic heterocycles. The molecular formula is C22H15FN4OS. The molecule has 0 saturated heterocycles. The van der Waals surface area contributed by atoms with Gasteiger partial charge in [-0.1, -0.05) is 24.3 Å². The van der Waals surface area contributed by atoms with Crippen molar-refractivity contribution in [1.82, 2.24) is 15.0 Å². The lowest BCUT2D eigenvalue weighted by molar-refractivity contribution is 0.0706. The van der Waals surface area contributed by atoms with Gasteiger partial charge in [-0.25, -0.2) is 9.40 Å². The molecule has 1 atom stereocenters. The van der Waals surface area contributed by atoms with Gasteiger partial charge in [-0.3, -0.25) is 14.8 Å². The standard InChI is InChI=1S/C22H15FN4OS/c23-16-5-2-1-4-15(16)22(28)27-20(13-19(26-27)21-6-3-11-29-21)14-7-8-17-18(12-14)25-10-9-24-17/h1-12,20H,13H2/t20-/m1/s1. The molecule has 0 spiro atoms. The van der Waals surface area contributed by atoms with E-state index in [1.54, 1.807) is 35.9 Å². The first-order valence-electron chi connectivity index (χ1n) is 9.11. The fraction of sp³-hybridized carbons (Fsp3) is 0.0909. The van der Waals surface area contributed by atoms with Crippen LogP contribution in [0.1, 0.15) is 33.3 Å². The predicted octanol–water partition coefficient (Wildman–Crippen LogP) is 4.82. The number of benzene rings is 2. The van der Waals surface area contributed by atoms with Crippen LogP contribution in [-0.4, -0.2) is 26.6 Å². The first kappa shape index (κ1) is 17.6. The van der Waals surface area contributed by atoms with E-state index < -0.39 is 11.7 Å². The first-order valence-corrected chi connectivity index (χ1v) is 9.99. The summed E-state index contributed by atoms with van der Waals surface area (Å²) in [5.74, 6) is -1.01. The highest BCUT2D eigenvalue weighted by Crippen LogP contribution is 2.35. The van der Waals surface area contributed by atoms with E-state index in [-0.39, 0.29) is 11.6 Å². The van der Waals surface area contributed by atoms with Crippen LogP contribution in [-0.2, 0) is 0 Å². The van der Waals surface area contributed by atoms with Gasteiger partial charge in [0.15, 0.2) is 0 Å². The second-order valence-electron chi connectivity index (χ2n) is 6.68. The Bertz CT molecular complexity index is 1240. The lowest BCUT2D eigenvalue weighted by atomic mass is 10.00. The zero-order valence-corrected chi connectivity index (χ0v) is 16.0. The Morgan fingerprint density at radius 1 is 1.03 bits per heavy atom. The lowest BCUT2D eigenvalue weighted by Gasteiger charge is -2.22. The number of hydrazone groups is 1. The molecule has 0 unspecified atom stereocenters. The number of thiophene rings is 1. The second-order valence-corrected chi connectivity index (χ2v) is 7.63. The molecule has 0 radical (unpaired) electrons. The number of rotatable bonds is 3. The minimum absolute atomic E-state index is 0.00857. The van der Waals surface area contributed by atoms with E-state index in [9.17, 15) is 9.18 Å². The number of carbonyl (C=O) groups is 1. The Labute approximate surface area is 170 Å². The summed E-state index contributed by atoms with van der Waals surface area (Å²) < 4.78 is 14.3. The number of fused-ring (bicyclic) bond motifs is 1. The average Bonchev–Trinajstić information content (AvgIpc) is 3.43. The molecule has 5 nitrogen and oxygen atoms in total. The largest absolute Gasteiger partial charge is 0.277 e.